The number of ether oxygens (including phenoxy) is 2. The topological polar surface area (TPSA) is 83.9 Å². The first-order valence-electron chi connectivity index (χ1n) is 12.5. The second-order valence-electron chi connectivity index (χ2n) is 9.38. The molecule has 0 unspecified atom stereocenters. The Morgan fingerprint density at radius 1 is 1.19 bits per heavy atom. The monoisotopic (exact) mass is 543 g/mol. The zero-order valence-electron chi connectivity index (χ0n) is 21.3. The van der Waals surface area contributed by atoms with Crippen LogP contribution in [0.1, 0.15) is 31.2 Å². The summed E-state index contributed by atoms with van der Waals surface area (Å²) in [5, 5.41) is 11.1. The highest BCUT2D eigenvalue weighted by atomic mass is 35.5. The predicted molar refractivity (Wildman–Crippen MR) is 148 cm³/mol. The van der Waals surface area contributed by atoms with Gasteiger partial charge < -0.3 is 14.4 Å². The molecule has 0 radical (unpaired) electrons. The highest BCUT2D eigenvalue weighted by Crippen LogP contribution is 2.38. The molecule has 1 aliphatic heterocycles. The lowest BCUT2D eigenvalue weighted by Crippen LogP contribution is -2.48. The molecule has 198 valence electrons. The van der Waals surface area contributed by atoms with E-state index >= 15 is 0 Å². The maximum Gasteiger partial charge on any atom is 0.249 e. The number of thioether (sulfide) groups is 1. The zero-order chi connectivity index (χ0) is 26.3. The van der Waals surface area contributed by atoms with Crippen molar-refractivity contribution in [3.05, 3.63) is 59.2 Å². The number of amides is 1. The number of benzene rings is 2. The highest BCUT2D eigenvalue weighted by molar-refractivity contribution is 7.99. The first-order chi connectivity index (χ1) is 18.0. The second-order valence-corrected chi connectivity index (χ2v) is 10.9. The van der Waals surface area contributed by atoms with Gasteiger partial charge in [0.25, 0.3) is 0 Å². The van der Waals surface area contributed by atoms with Gasteiger partial charge in [0.05, 0.1) is 30.2 Å². The molecule has 0 bridgehead atoms. The van der Waals surface area contributed by atoms with E-state index in [9.17, 15) is 10.0 Å². The molecule has 1 amide bonds. The van der Waals surface area contributed by atoms with E-state index in [0.717, 1.165) is 64.7 Å². The standard InChI is InChI=1S/C28H34ClN3O4S/c1-35-20-9-10-24-22(18-20)21(23(29)19-30-24)6-5-11-28(27(33)31-34)12-14-32(15-13-28)16-17-37-26-8-4-3-7-25(26)36-2/h3-4,7-10,18-19,34H,5-6,11-17H2,1-2H3,(H,31,33). The van der Waals surface area contributed by atoms with Crippen LogP contribution in [0.5, 0.6) is 11.5 Å². The smallest absolute Gasteiger partial charge is 0.249 e. The lowest BCUT2D eigenvalue weighted by atomic mass is 9.73. The number of carbonyl (C=O) groups is 1. The quantitative estimate of drug-likeness (QED) is 0.185. The van der Waals surface area contributed by atoms with Crippen molar-refractivity contribution in [3.8, 4) is 11.5 Å². The number of para-hydroxylation sites is 1. The van der Waals surface area contributed by atoms with E-state index in [4.69, 9.17) is 21.1 Å². The van der Waals surface area contributed by atoms with Crippen molar-refractivity contribution in [3.63, 3.8) is 0 Å². The highest BCUT2D eigenvalue weighted by Gasteiger charge is 2.40. The summed E-state index contributed by atoms with van der Waals surface area (Å²) in [6, 6.07) is 13.8. The molecule has 3 aromatic rings. The van der Waals surface area contributed by atoms with Crippen molar-refractivity contribution >= 4 is 40.2 Å². The molecule has 1 aliphatic rings. The Morgan fingerprint density at radius 2 is 1.97 bits per heavy atom. The zero-order valence-corrected chi connectivity index (χ0v) is 22.9. The largest absolute Gasteiger partial charge is 0.497 e. The van der Waals surface area contributed by atoms with Crippen LogP contribution in [0.3, 0.4) is 0 Å². The van der Waals surface area contributed by atoms with E-state index < -0.39 is 5.41 Å². The molecule has 2 aromatic carbocycles. The number of halogens is 1. The molecule has 37 heavy (non-hydrogen) atoms. The van der Waals surface area contributed by atoms with Gasteiger partial charge in [-0.25, -0.2) is 5.48 Å². The third-order valence-electron chi connectivity index (χ3n) is 7.35. The number of nitrogens with zero attached hydrogens (tertiary/aromatic N) is 2. The number of nitrogens with one attached hydrogen (secondary N) is 1. The summed E-state index contributed by atoms with van der Waals surface area (Å²) in [5.41, 5.74) is 3.23. The number of carbonyl (C=O) groups excluding carboxylic acids is 1. The van der Waals surface area contributed by atoms with Crippen LogP contribution in [-0.2, 0) is 11.2 Å². The molecule has 0 spiro atoms. The van der Waals surface area contributed by atoms with Crippen LogP contribution in [0.4, 0.5) is 0 Å². The van der Waals surface area contributed by atoms with E-state index in [2.05, 4.69) is 16.0 Å². The fourth-order valence-corrected chi connectivity index (χ4v) is 6.41. The van der Waals surface area contributed by atoms with E-state index in [-0.39, 0.29) is 5.91 Å². The Bertz CT molecular complexity index is 1220. The summed E-state index contributed by atoms with van der Waals surface area (Å²) in [7, 11) is 3.33. The van der Waals surface area contributed by atoms with E-state index in [1.165, 1.54) is 0 Å². The van der Waals surface area contributed by atoms with Crippen molar-refractivity contribution in [2.75, 3.05) is 39.6 Å². The van der Waals surface area contributed by atoms with Crippen molar-refractivity contribution in [2.24, 2.45) is 5.41 Å². The van der Waals surface area contributed by atoms with Gasteiger partial charge >= 0.3 is 0 Å². The number of hydrogen-bond donors (Lipinski definition) is 2. The molecule has 1 saturated heterocycles. The summed E-state index contributed by atoms with van der Waals surface area (Å²) >= 11 is 8.32. The van der Waals surface area contributed by atoms with Crippen molar-refractivity contribution in [1.82, 2.24) is 15.4 Å². The normalized spacial score (nSPS) is 15.5. The SMILES string of the molecule is COc1ccc2ncc(Cl)c(CCCC3(C(=O)NO)CCN(CCSc4ccccc4OC)CC3)c2c1. The molecule has 0 saturated carbocycles. The van der Waals surface area contributed by atoms with Crippen LogP contribution in [0.25, 0.3) is 10.9 Å². The van der Waals surface area contributed by atoms with E-state index in [1.54, 1.807) is 32.2 Å². The number of aryl methyl sites for hydroxylation is 1. The van der Waals surface area contributed by atoms with E-state index in [0.29, 0.717) is 30.7 Å². The van der Waals surface area contributed by atoms with Gasteiger partial charge in [0.1, 0.15) is 11.5 Å². The number of aromatic nitrogens is 1. The molecule has 4 rings (SSSR count). The number of rotatable bonds is 11. The molecule has 0 aliphatic carbocycles. The molecule has 9 heteroatoms. The second kappa shape index (κ2) is 12.8. The van der Waals surface area contributed by atoms with Crippen molar-refractivity contribution in [1.29, 1.82) is 0 Å². The van der Waals surface area contributed by atoms with Gasteiger partial charge in [-0.2, -0.15) is 0 Å². The molecule has 1 fully saturated rings. The molecular weight excluding hydrogens is 510 g/mol. The third kappa shape index (κ3) is 6.49. The maximum atomic E-state index is 12.8. The molecule has 2 N–H and O–H groups in total. The Hall–Kier alpha value is -2.52. The average molecular weight is 544 g/mol. The Kier molecular flexibility index (Phi) is 9.54. The summed E-state index contributed by atoms with van der Waals surface area (Å²) in [6.45, 7) is 2.56. The first-order valence-corrected chi connectivity index (χ1v) is 13.9. The van der Waals surface area contributed by atoms with Gasteiger partial charge in [-0.05, 0) is 81.1 Å². The number of fused-ring (bicyclic) bond motifs is 1. The molecular formula is C28H34ClN3O4S. The number of piperidine rings is 1. The number of hydroxylamine groups is 1. The summed E-state index contributed by atoms with van der Waals surface area (Å²) < 4.78 is 10.8. The number of hydrogen-bond acceptors (Lipinski definition) is 7. The Morgan fingerprint density at radius 3 is 2.70 bits per heavy atom. The van der Waals surface area contributed by atoms with Crippen LogP contribution in [-0.4, -0.2) is 60.6 Å². The maximum absolute atomic E-state index is 12.8. The third-order valence-corrected chi connectivity index (χ3v) is 8.71. The molecule has 0 atom stereocenters. The lowest BCUT2D eigenvalue weighted by molar-refractivity contribution is -0.143. The van der Waals surface area contributed by atoms with Gasteiger partial charge in [0.15, 0.2) is 0 Å². The van der Waals surface area contributed by atoms with Gasteiger partial charge in [-0.3, -0.25) is 15.0 Å². The van der Waals surface area contributed by atoms with Crippen LogP contribution in [0, 0.1) is 5.41 Å². The summed E-state index contributed by atoms with van der Waals surface area (Å²) in [4.78, 5) is 20.8. The minimum absolute atomic E-state index is 0.289. The fraction of sp³-hybridized carbons (Fsp3) is 0.429. The minimum atomic E-state index is -0.589. The Labute approximate surface area is 227 Å². The Balaban J connectivity index is 1.35. The van der Waals surface area contributed by atoms with E-state index in [1.807, 2.05) is 41.9 Å². The van der Waals surface area contributed by atoms with Gasteiger partial charge in [0.2, 0.25) is 5.91 Å². The van der Waals surface area contributed by atoms with Gasteiger partial charge in [0, 0.05) is 28.8 Å². The number of methoxy groups -OCH3 is 2. The van der Waals surface area contributed by atoms with Crippen LogP contribution >= 0.6 is 23.4 Å². The predicted octanol–water partition coefficient (Wildman–Crippen LogP) is 5.61. The molecule has 1 aromatic heterocycles. The summed E-state index contributed by atoms with van der Waals surface area (Å²) in [6.07, 6.45) is 5.25. The fourth-order valence-electron chi connectivity index (χ4n) is 5.12. The first kappa shape index (κ1) is 27.5. The molecule has 7 nitrogen and oxygen atoms in total. The lowest BCUT2D eigenvalue weighted by Gasteiger charge is -2.40. The number of likely N-dealkylation sites (tertiary alicyclic amines) is 1. The minimum Gasteiger partial charge on any atom is -0.497 e. The average Bonchev–Trinajstić information content (AvgIpc) is 2.94. The van der Waals surface area contributed by atoms with Crippen molar-refractivity contribution in [2.45, 2.75) is 37.0 Å². The van der Waals surface area contributed by atoms with Crippen LogP contribution in [0.15, 0.2) is 53.6 Å². The van der Waals surface area contributed by atoms with Crippen LogP contribution in [0.2, 0.25) is 5.02 Å². The summed E-state index contributed by atoms with van der Waals surface area (Å²) in [5.74, 6) is 2.30. The molecule has 2 heterocycles. The van der Waals surface area contributed by atoms with Crippen molar-refractivity contribution < 1.29 is 19.5 Å². The number of pyridine rings is 1. The van der Waals surface area contributed by atoms with Gasteiger partial charge in [-0.15, -0.1) is 11.8 Å². The van der Waals surface area contributed by atoms with Crippen LogP contribution < -0.4 is 15.0 Å². The van der Waals surface area contributed by atoms with Gasteiger partial charge in [-0.1, -0.05) is 23.7 Å².